The first-order valence-electron chi connectivity index (χ1n) is 7.88. The number of carbonyl (C=O) groups is 1. The van der Waals surface area contributed by atoms with Crippen LogP contribution in [0, 0.1) is 0 Å². The van der Waals surface area contributed by atoms with E-state index in [9.17, 15) is 4.79 Å². The number of hydrogen-bond donors (Lipinski definition) is 0. The van der Waals surface area contributed by atoms with Crippen molar-refractivity contribution < 1.29 is 9.53 Å². The molecular weight excluding hydrogens is 434 g/mol. The number of ether oxygens (including phenoxy) is 1. The summed E-state index contributed by atoms with van der Waals surface area (Å²) in [4.78, 5) is 14.2. The van der Waals surface area contributed by atoms with E-state index in [0.717, 1.165) is 23.2 Å². The predicted octanol–water partition coefficient (Wildman–Crippen LogP) is 4.37. The molecule has 0 saturated heterocycles. The van der Waals surface area contributed by atoms with E-state index in [0.29, 0.717) is 11.9 Å². The lowest BCUT2D eigenvalue weighted by atomic mass is 9.88. The number of carbonyl (C=O) groups excluding carboxylic acids is 1. The summed E-state index contributed by atoms with van der Waals surface area (Å²) in [5.41, 5.74) is 3.75. The van der Waals surface area contributed by atoms with Crippen LogP contribution in [0.4, 0.5) is 0 Å². The molecule has 0 fully saturated rings. The van der Waals surface area contributed by atoms with Gasteiger partial charge in [0.05, 0.1) is 12.4 Å². The van der Waals surface area contributed by atoms with Crippen LogP contribution in [0.25, 0.3) is 0 Å². The van der Waals surface area contributed by atoms with Gasteiger partial charge in [0.25, 0.3) is 0 Å². The first-order chi connectivity index (χ1) is 11.6. The Bertz CT molecular complexity index is 731. The molecule has 0 N–H and O–H groups in total. The molecule has 0 bridgehead atoms. The summed E-state index contributed by atoms with van der Waals surface area (Å²) in [6.07, 6.45) is 0.866. The number of alkyl halides is 1. The molecule has 0 aromatic heterocycles. The Balaban J connectivity index is 2.06. The van der Waals surface area contributed by atoms with Crippen molar-refractivity contribution in [3.05, 3.63) is 63.6 Å². The number of amides is 1. The predicted molar refractivity (Wildman–Crippen MR) is 103 cm³/mol. The molecule has 1 unspecified atom stereocenters. The van der Waals surface area contributed by atoms with Crippen LogP contribution < -0.4 is 4.74 Å². The second kappa shape index (κ2) is 7.70. The highest BCUT2D eigenvalue weighted by Crippen LogP contribution is 2.34. The Kier molecular flexibility index (Phi) is 5.61. The summed E-state index contributed by atoms with van der Waals surface area (Å²) in [6.45, 7) is 1.43. The monoisotopic (exact) mass is 451 g/mol. The Morgan fingerprint density at radius 2 is 2.00 bits per heavy atom. The third kappa shape index (κ3) is 3.67. The number of halogens is 2. The Morgan fingerprint density at radius 3 is 2.67 bits per heavy atom. The van der Waals surface area contributed by atoms with Crippen LogP contribution in [0.1, 0.15) is 22.6 Å². The number of fused-ring (bicyclic) bond motifs is 1. The van der Waals surface area contributed by atoms with Crippen LogP contribution in [0.15, 0.2) is 46.9 Å². The van der Waals surface area contributed by atoms with Gasteiger partial charge >= 0.3 is 0 Å². The van der Waals surface area contributed by atoms with Gasteiger partial charge < -0.3 is 9.64 Å². The fourth-order valence-electron chi connectivity index (χ4n) is 3.21. The van der Waals surface area contributed by atoms with Crippen LogP contribution in [0.5, 0.6) is 5.75 Å². The first-order valence-corrected chi connectivity index (χ1v) is 9.80. The molecule has 1 aliphatic heterocycles. The van der Waals surface area contributed by atoms with Gasteiger partial charge in [-0.2, -0.15) is 0 Å². The van der Waals surface area contributed by atoms with E-state index in [4.69, 9.17) is 4.74 Å². The summed E-state index contributed by atoms with van der Waals surface area (Å²) in [6, 6.07) is 14.6. The van der Waals surface area contributed by atoms with Crippen LogP contribution in [-0.2, 0) is 11.2 Å². The minimum absolute atomic E-state index is 0.136. The third-order valence-corrected chi connectivity index (χ3v) is 5.53. The zero-order valence-corrected chi connectivity index (χ0v) is 16.6. The molecule has 3 rings (SSSR count). The molecule has 0 saturated carbocycles. The highest BCUT2D eigenvalue weighted by molar-refractivity contribution is 9.10. The molecule has 0 spiro atoms. The summed E-state index contributed by atoms with van der Waals surface area (Å²) in [5, 5.41) is 0.361. The van der Waals surface area contributed by atoms with Crippen LogP contribution in [0.3, 0.4) is 0 Å². The molecule has 2 aromatic rings. The number of methoxy groups -OCH3 is 1. The Hall–Kier alpha value is -1.33. The standard InChI is InChI=1S/C19H19Br2NO2/c1-24-16-7-4-14-8-9-22(19(23)11-20)12-18(17(14)10-16)13-2-5-15(21)6-3-13/h2-7,10,18H,8-9,11-12H2,1H3. The zero-order chi connectivity index (χ0) is 17.1. The smallest absolute Gasteiger partial charge is 0.233 e. The normalized spacial score (nSPS) is 17.1. The van der Waals surface area contributed by atoms with Crippen molar-refractivity contribution in [2.45, 2.75) is 12.3 Å². The quantitative estimate of drug-likeness (QED) is 0.647. The maximum absolute atomic E-state index is 12.3. The largest absolute Gasteiger partial charge is 0.497 e. The van der Waals surface area contributed by atoms with Crippen molar-refractivity contribution in [3.8, 4) is 5.75 Å². The Morgan fingerprint density at radius 1 is 1.25 bits per heavy atom. The van der Waals surface area contributed by atoms with Gasteiger partial charge in [-0.15, -0.1) is 0 Å². The SMILES string of the molecule is COc1ccc2c(c1)C(c1ccc(Br)cc1)CN(C(=O)CBr)CC2. The average Bonchev–Trinajstić information content (AvgIpc) is 2.81. The third-order valence-electron chi connectivity index (χ3n) is 4.52. The molecular formula is C19H19Br2NO2. The molecule has 1 aliphatic rings. The van der Waals surface area contributed by atoms with E-state index in [1.54, 1.807) is 7.11 Å². The van der Waals surface area contributed by atoms with E-state index in [2.05, 4.69) is 68.3 Å². The molecule has 0 radical (unpaired) electrons. The topological polar surface area (TPSA) is 29.5 Å². The van der Waals surface area contributed by atoms with Gasteiger partial charge in [-0.25, -0.2) is 0 Å². The minimum Gasteiger partial charge on any atom is -0.497 e. The summed E-state index contributed by atoms with van der Waals surface area (Å²) >= 11 is 6.80. The molecule has 1 heterocycles. The van der Waals surface area contributed by atoms with E-state index >= 15 is 0 Å². The van der Waals surface area contributed by atoms with Crippen molar-refractivity contribution in [2.75, 3.05) is 25.5 Å². The van der Waals surface area contributed by atoms with Gasteiger partial charge in [-0.05, 0) is 47.4 Å². The molecule has 126 valence electrons. The molecule has 1 atom stereocenters. The van der Waals surface area contributed by atoms with Crippen molar-refractivity contribution in [1.29, 1.82) is 0 Å². The van der Waals surface area contributed by atoms with Crippen molar-refractivity contribution in [2.24, 2.45) is 0 Å². The second-order valence-electron chi connectivity index (χ2n) is 5.89. The molecule has 24 heavy (non-hydrogen) atoms. The second-order valence-corrected chi connectivity index (χ2v) is 7.37. The first kappa shape index (κ1) is 17.5. The van der Waals surface area contributed by atoms with Gasteiger partial charge in [0.15, 0.2) is 0 Å². The van der Waals surface area contributed by atoms with E-state index < -0.39 is 0 Å². The van der Waals surface area contributed by atoms with E-state index in [-0.39, 0.29) is 11.8 Å². The van der Waals surface area contributed by atoms with Crippen LogP contribution in [-0.4, -0.2) is 36.3 Å². The van der Waals surface area contributed by atoms with E-state index in [1.807, 2.05) is 11.0 Å². The van der Waals surface area contributed by atoms with Gasteiger partial charge in [0, 0.05) is 23.5 Å². The highest BCUT2D eigenvalue weighted by Gasteiger charge is 2.27. The lowest BCUT2D eigenvalue weighted by Gasteiger charge is -2.25. The lowest BCUT2D eigenvalue weighted by Crippen LogP contribution is -2.35. The maximum atomic E-state index is 12.3. The van der Waals surface area contributed by atoms with Gasteiger partial charge in [0.2, 0.25) is 5.91 Å². The number of hydrogen-bond acceptors (Lipinski definition) is 2. The Labute approximate surface area is 159 Å². The summed E-state index contributed by atoms with van der Waals surface area (Å²) < 4.78 is 6.48. The molecule has 2 aromatic carbocycles. The fourth-order valence-corrected chi connectivity index (χ4v) is 3.83. The zero-order valence-electron chi connectivity index (χ0n) is 13.5. The van der Waals surface area contributed by atoms with Gasteiger partial charge in [-0.3, -0.25) is 4.79 Å². The van der Waals surface area contributed by atoms with Crippen LogP contribution >= 0.6 is 31.9 Å². The van der Waals surface area contributed by atoms with Crippen LogP contribution in [0.2, 0.25) is 0 Å². The van der Waals surface area contributed by atoms with Gasteiger partial charge in [0.1, 0.15) is 5.75 Å². The number of nitrogens with zero attached hydrogens (tertiary/aromatic N) is 1. The van der Waals surface area contributed by atoms with E-state index in [1.165, 1.54) is 16.7 Å². The summed E-state index contributed by atoms with van der Waals surface area (Å²) in [7, 11) is 1.69. The van der Waals surface area contributed by atoms with Gasteiger partial charge in [-0.1, -0.05) is 50.1 Å². The minimum atomic E-state index is 0.136. The summed E-state index contributed by atoms with van der Waals surface area (Å²) in [5.74, 6) is 1.14. The van der Waals surface area contributed by atoms with Crippen molar-refractivity contribution in [3.63, 3.8) is 0 Å². The highest BCUT2D eigenvalue weighted by atomic mass is 79.9. The number of benzene rings is 2. The average molecular weight is 453 g/mol. The molecule has 5 heteroatoms. The fraction of sp³-hybridized carbons (Fsp3) is 0.316. The molecule has 0 aliphatic carbocycles. The molecule has 1 amide bonds. The van der Waals surface area contributed by atoms with Crippen molar-refractivity contribution >= 4 is 37.8 Å². The lowest BCUT2D eigenvalue weighted by molar-refractivity contribution is -0.128. The maximum Gasteiger partial charge on any atom is 0.233 e. The number of rotatable bonds is 3. The van der Waals surface area contributed by atoms with Crippen molar-refractivity contribution in [1.82, 2.24) is 4.90 Å². The molecule has 3 nitrogen and oxygen atoms in total.